The Bertz CT molecular complexity index is 1140. The molecule has 9 heteroatoms. The van der Waals surface area contributed by atoms with E-state index in [0.717, 1.165) is 10.0 Å². The van der Waals surface area contributed by atoms with Gasteiger partial charge < -0.3 is 14.8 Å². The van der Waals surface area contributed by atoms with E-state index in [-0.39, 0.29) is 17.3 Å². The Balaban J connectivity index is 1.82. The largest absolute Gasteiger partial charge is 0.493 e. The Hall–Kier alpha value is -2.62. The fraction of sp³-hybridized carbons (Fsp3) is 0.143. The molecule has 0 saturated carbocycles. The topological polar surface area (TPSA) is 90.6 Å². The van der Waals surface area contributed by atoms with Gasteiger partial charge in [-0.05, 0) is 42.5 Å². The number of primary sulfonamides is 1. The van der Waals surface area contributed by atoms with Crippen LogP contribution in [0.15, 0.2) is 70.0 Å². The molecular weight excluding hydrogens is 475 g/mol. The smallest absolute Gasteiger partial charge is 0.238 e. The maximum absolute atomic E-state index is 14.0. The van der Waals surface area contributed by atoms with Crippen LogP contribution in [0, 0.1) is 5.82 Å². The van der Waals surface area contributed by atoms with Crippen LogP contribution in [0.3, 0.4) is 0 Å². The van der Waals surface area contributed by atoms with Crippen molar-refractivity contribution in [3.8, 4) is 11.5 Å². The normalized spacial score (nSPS) is 11.2. The van der Waals surface area contributed by atoms with Crippen LogP contribution in [0.5, 0.6) is 11.5 Å². The minimum atomic E-state index is -3.75. The zero-order valence-corrected chi connectivity index (χ0v) is 18.5. The quantitative estimate of drug-likeness (QED) is 0.483. The standard InChI is InChI=1S/C21H20BrFN2O4S/c1-28-20-11-10-18(22)17(21(20)29-13-14-4-2-3-5-19(14)23)12-25-15-6-8-16(9-7-15)30(24,26)27/h2-11,25H,12-13H2,1H3,(H2,24,26,27). The van der Waals surface area contributed by atoms with Gasteiger partial charge in [0.25, 0.3) is 0 Å². The van der Waals surface area contributed by atoms with Gasteiger partial charge in [0.15, 0.2) is 11.5 Å². The monoisotopic (exact) mass is 494 g/mol. The van der Waals surface area contributed by atoms with E-state index in [0.29, 0.717) is 29.3 Å². The predicted molar refractivity (Wildman–Crippen MR) is 117 cm³/mol. The number of rotatable bonds is 8. The zero-order valence-electron chi connectivity index (χ0n) is 16.1. The van der Waals surface area contributed by atoms with Crippen molar-refractivity contribution in [1.82, 2.24) is 0 Å². The Morgan fingerprint density at radius 3 is 2.40 bits per heavy atom. The first-order valence-electron chi connectivity index (χ1n) is 8.88. The van der Waals surface area contributed by atoms with Gasteiger partial charge in [0.05, 0.1) is 12.0 Å². The molecule has 0 radical (unpaired) electrons. The third-order valence-corrected chi connectivity index (χ3v) is 6.04. The van der Waals surface area contributed by atoms with E-state index in [1.807, 2.05) is 6.07 Å². The van der Waals surface area contributed by atoms with Crippen LogP contribution >= 0.6 is 15.9 Å². The lowest BCUT2D eigenvalue weighted by atomic mass is 10.1. The number of hydrogen-bond donors (Lipinski definition) is 2. The van der Waals surface area contributed by atoms with E-state index < -0.39 is 10.0 Å². The average Bonchev–Trinajstić information content (AvgIpc) is 2.72. The van der Waals surface area contributed by atoms with Gasteiger partial charge >= 0.3 is 0 Å². The number of methoxy groups -OCH3 is 1. The fourth-order valence-electron chi connectivity index (χ4n) is 2.78. The van der Waals surface area contributed by atoms with Crippen LogP contribution in [0.25, 0.3) is 0 Å². The van der Waals surface area contributed by atoms with Gasteiger partial charge in [-0.25, -0.2) is 17.9 Å². The first-order valence-corrected chi connectivity index (χ1v) is 11.2. The summed E-state index contributed by atoms with van der Waals surface area (Å²) in [6.45, 7) is 0.384. The van der Waals surface area contributed by atoms with Crippen molar-refractivity contribution >= 4 is 31.6 Å². The molecule has 0 amide bonds. The van der Waals surface area contributed by atoms with Gasteiger partial charge in [0.2, 0.25) is 10.0 Å². The van der Waals surface area contributed by atoms with Crippen LogP contribution in [0.1, 0.15) is 11.1 Å². The first kappa shape index (κ1) is 22.1. The second-order valence-corrected chi connectivity index (χ2v) is 8.78. The zero-order chi connectivity index (χ0) is 21.7. The van der Waals surface area contributed by atoms with E-state index in [9.17, 15) is 12.8 Å². The SMILES string of the molecule is COc1ccc(Br)c(CNc2ccc(S(N)(=O)=O)cc2)c1OCc1ccccc1F. The highest BCUT2D eigenvalue weighted by Crippen LogP contribution is 2.37. The number of sulfonamides is 1. The van der Waals surface area contributed by atoms with Gasteiger partial charge in [-0.3, -0.25) is 0 Å². The molecule has 30 heavy (non-hydrogen) atoms. The summed E-state index contributed by atoms with van der Waals surface area (Å²) >= 11 is 3.52. The summed E-state index contributed by atoms with van der Waals surface area (Å²) in [5, 5.41) is 8.33. The van der Waals surface area contributed by atoms with Gasteiger partial charge in [-0.15, -0.1) is 0 Å². The lowest BCUT2D eigenvalue weighted by Gasteiger charge is -2.18. The van der Waals surface area contributed by atoms with Crippen molar-refractivity contribution < 1.29 is 22.3 Å². The van der Waals surface area contributed by atoms with Gasteiger partial charge in [0, 0.05) is 27.8 Å². The summed E-state index contributed by atoms with van der Waals surface area (Å²) in [6.07, 6.45) is 0. The summed E-state index contributed by atoms with van der Waals surface area (Å²) in [5.41, 5.74) is 1.88. The van der Waals surface area contributed by atoms with E-state index in [4.69, 9.17) is 14.6 Å². The molecule has 0 aromatic heterocycles. The maximum Gasteiger partial charge on any atom is 0.238 e. The van der Waals surface area contributed by atoms with Crippen molar-refractivity contribution in [3.63, 3.8) is 0 Å². The summed E-state index contributed by atoms with van der Waals surface area (Å²) in [5.74, 6) is 0.640. The highest BCUT2D eigenvalue weighted by molar-refractivity contribution is 9.10. The molecular formula is C21H20BrFN2O4S. The van der Waals surface area contributed by atoms with Crippen LogP contribution in [-0.2, 0) is 23.2 Å². The first-order chi connectivity index (χ1) is 14.3. The number of ether oxygens (including phenoxy) is 2. The van der Waals surface area contributed by atoms with Crippen LogP contribution < -0.4 is 19.9 Å². The number of nitrogens with two attached hydrogens (primary N) is 1. The lowest BCUT2D eigenvalue weighted by molar-refractivity contribution is 0.276. The molecule has 0 spiro atoms. The highest BCUT2D eigenvalue weighted by Gasteiger charge is 2.16. The molecule has 0 bridgehead atoms. The molecule has 0 aliphatic heterocycles. The number of halogens is 2. The molecule has 3 aromatic carbocycles. The minimum absolute atomic E-state index is 0.0320. The Kier molecular flexibility index (Phi) is 6.96. The summed E-state index contributed by atoms with van der Waals surface area (Å²) < 4.78 is 48.9. The minimum Gasteiger partial charge on any atom is -0.493 e. The van der Waals surface area contributed by atoms with Crippen molar-refractivity contribution in [1.29, 1.82) is 0 Å². The lowest BCUT2D eigenvalue weighted by Crippen LogP contribution is -2.12. The molecule has 6 nitrogen and oxygen atoms in total. The van der Waals surface area contributed by atoms with E-state index in [2.05, 4.69) is 21.2 Å². The van der Waals surface area contributed by atoms with Crippen LogP contribution in [-0.4, -0.2) is 15.5 Å². The number of hydrogen-bond acceptors (Lipinski definition) is 5. The molecule has 3 N–H and O–H groups in total. The molecule has 0 unspecified atom stereocenters. The Morgan fingerprint density at radius 1 is 1.07 bits per heavy atom. The molecule has 0 aliphatic carbocycles. The van der Waals surface area contributed by atoms with Gasteiger partial charge in [0.1, 0.15) is 12.4 Å². The van der Waals surface area contributed by atoms with Crippen molar-refractivity contribution in [3.05, 3.63) is 82.1 Å². The molecule has 0 heterocycles. The van der Waals surface area contributed by atoms with Gasteiger partial charge in [-0.2, -0.15) is 0 Å². The summed E-state index contributed by atoms with van der Waals surface area (Å²) in [7, 11) is -2.22. The maximum atomic E-state index is 14.0. The molecule has 3 aromatic rings. The number of anilines is 1. The van der Waals surface area contributed by atoms with Crippen molar-refractivity contribution in [2.24, 2.45) is 5.14 Å². The molecule has 0 saturated heterocycles. The number of benzene rings is 3. The van der Waals surface area contributed by atoms with E-state index in [1.54, 1.807) is 36.4 Å². The molecule has 0 fully saturated rings. The Labute approximate surface area is 183 Å². The summed E-state index contributed by atoms with van der Waals surface area (Å²) in [6, 6.07) is 16.1. The third-order valence-electron chi connectivity index (χ3n) is 4.37. The summed E-state index contributed by atoms with van der Waals surface area (Å²) in [4.78, 5) is 0.0320. The van der Waals surface area contributed by atoms with Crippen LogP contribution in [0.4, 0.5) is 10.1 Å². The number of nitrogens with one attached hydrogen (secondary N) is 1. The van der Waals surface area contributed by atoms with Crippen molar-refractivity contribution in [2.75, 3.05) is 12.4 Å². The Morgan fingerprint density at radius 2 is 1.77 bits per heavy atom. The molecule has 0 atom stereocenters. The van der Waals surface area contributed by atoms with E-state index in [1.165, 1.54) is 25.3 Å². The molecule has 0 aliphatic rings. The second-order valence-electron chi connectivity index (χ2n) is 6.36. The van der Waals surface area contributed by atoms with E-state index >= 15 is 0 Å². The van der Waals surface area contributed by atoms with Crippen molar-refractivity contribution in [2.45, 2.75) is 18.0 Å². The third kappa shape index (κ3) is 5.29. The molecule has 3 rings (SSSR count). The molecule has 158 valence electrons. The van der Waals surface area contributed by atoms with Crippen LogP contribution in [0.2, 0.25) is 0 Å². The predicted octanol–water partition coefficient (Wildman–Crippen LogP) is 4.44. The fourth-order valence-corrected chi connectivity index (χ4v) is 3.75. The van der Waals surface area contributed by atoms with Gasteiger partial charge in [-0.1, -0.05) is 34.1 Å². The second kappa shape index (κ2) is 9.46. The average molecular weight is 495 g/mol. The highest BCUT2D eigenvalue weighted by atomic mass is 79.9.